The van der Waals surface area contributed by atoms with Crippen LogP contribution in [0.2, 0.25) is 0 Å². The van der Waals surface area contributed by atoms with Crippen molar-refractivity contribution < 1.29 is 4.79 Å². The molecule has 0 aromatic heterocycles. The number of primary amides is 1. The lowest BCUT2D eigenvalue weighted by Crippen LogP contribution is -2.39. The van der Waals surface area contributed by atoms with Gasteiger partial charge in [-0.15, -0.1) is 0 Å². The maximum atomic E-state index is 11.3. The zero-order valence-corrected chi connectivity index (χ0v) is 7.73. The van der Waals surface area contributed by atoms with E-state index in [0.29, 0.717) is 0 Å². The van der Waals surface area contributed by atoms with Gasteiger partial charge in [-0.3, -0.25) is 4.79 Å². The lowest BCUT2D eigenvalue weighted by molar-refractivity contribution is -0.127. The summed E-state index contributed by atoms with van der Waals surface area (Å²) in [5.74, 6) is -0.185. The molecule has 0 unspecified atom stereocenters. The molecule has 0 bridgehead atoms. The third kappa shape index (κ3) is 1.38. The van der Waals surface area contributed by atoms with Crippen molar-refractivity contribution in [1.82, 2.24) is 0 Å². The smallest absolute Gasteiger partial charge is 0.227 e. The molecule has 68 valence electrons. The van der Waals surface area contributed by atoms with Crippen LogP contribution in [0.4, 0.5) is 0 Å². The van der Waals surface area contributed by atoms with Crippen LogP contribution in [0.15, 0.2) is 12.2 Å². The molecule has 2 heteroatoms. The first-order valence-corrected chi connectivity index (χ1v) is 4.55. The Balaban J connectivity index is 2.84. The number of carbonyl (C=O) groups excluding carboxylic acids is 1. The summed E-state index contributed by atoms with van der Waals surface area (Å²) in [5, 5.41) is 0. The van der Waals surface area contributed by atoms with Crippen LogP contribution in [0.3, 0.4) is 0 Å². The molecule has 2 nitrogen and oxygen atoms in total. The molecule has 1 amide bonds. The monoisotopic (exact) mass is 167 g/mol. The van der Waals surface area contributed by atoms with E-state index in [1.165, 1.54) is 6.42 Å². The molecule has 0 aromatic carbocycles. The lowest BCUT2D eigenvalue weighted by atomic mass is 9.69. The maximum Gasteiger partial charge on any atom is 0.227 e. The first-order chi connectivity index (χ1) is 5.59. The van der Waals surface area contributed by atoms with Gasteiger partial charge in [0.25, 0.3) is 0 Å². The van der Waals surface area contributed by atoms with E-state index >= 15 is 0 Å². The predicted octanol–water partition coefficient (Wildman–Crippen LogP) is 2.00. The van der Waals surface area contributed by atoms with Gasteiger partial charge < -0.3 is 5.73 Å². The molecule has 0 spiro atoms. The molecule has 2 N–H and O–H groups in total. The zero-order valence-electron chi connectivity index (χ0n) is 7.73. The summed E-state index contributed by atoms with van der Waals surface area (Å²) in [4.78, 5) is 11.3. The van der Waals surface area contributed by atoms with Crippen LogP contribution < -0.4 is 5.73 Å². The van der Waals surface area contributed by atoms with Gasteiger partial charge in [0.15, 0.2) is 0 Å². The van der Waals surface area contributed by atoms with E-state index in [-0.39, 0.29) is 11.3 Å². The fourth-order valence-corrected chi connectivity index (χ4v) is 2.04. The summed E-state index contributed by atoms with van der Waals surface area (Å²) in [7, 11) is 0. The Morgan fingerprint density at radius 2 is 1.83 bits per heavy atom. The summed E-state index contributed by atoms with van der Waals surface area (Å²) in [6, 6.07) is 0. The number of hydrogen-bond donors (Lipinski definition) is 1. The minimum atomic E-state index is -0.377. The van der Waals surface area contributed by atoms with Crippen molar-refractivity contribution in [3.05, 3.63) is 12.2 Å². The Hall–Kier alpha value is -0.790. The normalized spacial score (nSPS) is 21.8. The second kappa shape index (κ2) is 3.30. The van der Waals surface area contributed by atoms with Gasteiger partial charge in [0.2, 0.25) is 5.91 Å². The fourth-order valence-electron chi connectivity index (χ4n) is 2.04. The SMILES string of the molecule is C=C(C)C1(C(N)=O)CCCCC1. The predicted molar refractivity (Wildman–Crippen MR) is 49.5 cm³/mol. The molecule has 12 heavy (non-hydrogen) atoms. The average Bonchev–Trinajstić information content (AvgIpc) is 2.05. The van der Waals surface area contributed by atoms with Gasteiger partial charge in [0, 0.05) is 0 Å². The minimum Gasteiger partial charge on any atom is -0.369 e. The summed E-state index contributed by atoms with van der Waals surface area (Å²) in [6.07, 6.45) is 5.24. The Kier molecular flexibility index (Phi) is 2.55. The van der Waals surface area contributed by atoms with Gasteiger partial charge in [-0.1, -0.05) is 31.4 Å². The van der Waals surface area contributed by atoms with E-state index in [1.54, 1.807) is 0 Å². The third-order valence-electron chi connectivity index (χ3n) is 3.00. The maximum absolute atomic E-state index is 11.3. The van der Waals surface area contributed by atoms with E-state index in [2.05, 4.69) is 6.58 Å². The molecule has 1 rings (SSSR count). The molecule has 0 aliphatic heterocycles. The first kappa shape index (κ1) is 9.30. The van der Waals surface area contributed by atoms with Crippen LogP contribution in [0.25, 0.3) is 0 Å². The van der Waals surface area contributed by atoms with Crippen molar-refractivity contribution in [2.45, 2.75) is 39.0 Å². The molecule has 0 aromatic rings. The zero-order chi connectivity index (χ0) is 9.19. The van der Waals surface area contributed by atoms with E-state index in [9.17, 15) is 4.79 Å². The van der Waals surface area contributed by atoms with E-state index in [0.717, 1.165) is 31.3 Å². The summed E-state index contributed by atoms with van der Waals surface area (Å²) in [5.41, 5.74) is 5.97. The summed E-state index contributed by atoms with van der Waals surface area (Å²) >= 11 is 0. The minimum absolute atomic E-state index is 0.185. The number of rotatable bonds is 2. The highest BCUT2D eigenvalue weighted by molar-refractivity contribution is 5.84. The van der Waals surface area contributed by atoms with E-state index in [1.807, 2.05) is 6.92 Å². The summed E-state index contributed by atoms with van der Waals surface area (Å²) < 4.78 is 0. The highest BCUT2D eigenvalue weighted by Gasteiger charge is 2.38. The van der Waals surface area contributed by atoms with Gasteiger partial charge in [-0.05, 0) is 19.8 Å². The molecule has 0 saturated heterocycles. The quantitative estimate of drug-likeness (QED) is 0.628. The lowest BCUT2D eigenvalue weighted by Gasteiger charge is -2.34. The van der Waals surface area contributed by atoms with Gasteiger partial charge in [-0.25, -0.2) is 0 Å². The molecule has 0 heterocycles. The van der Waals surface area contributed by atoms with Crippen molar-refractivity contribution in [2.24, 2.45) is 11.1 Å². The van der Waals surface area contributed by atoms with Crippen molar-refractivity contribution >= 4 is 5.91 Å². The van der Waals surface area contributed by atoms with Crippen molar-refractivity contribution in [1.29, 1.82) is 0 Å². The molecule has 1 saturated carbocycles. The van der Waals surface area contributed by atoms with Crippen LogP contribution in [0.1, 0.15) is 39.0 Å². The standard InChI is InChI=1S/C10H17NO/c1-8(2)10(9(11)12)6-4-3-5-7-10/h1,3-7H2,2H3,(H2,11,12). The van der Waals surface area contributed by atoms with Gasteiger partial charge in [0.05, 0.1) is 5.41 Å². The van der Waals surface area contributed by atoms with E-state index < -0.39 is 0 Å². The Morgan fingerprint density at radius 3 is 2.08 bits per heavy atom. The van der Waals surface area contributed by atoms with Crippen LogP contribution in [-0.2, 0) is 4.79 Å². The van der Waals surface area contributed by atoms with Crippen LogP contribution in [0.5, 0.6) is 0 Å². The first-order valence-electron chi connectivity index (χ1n) is 4.55. The number of hydrogen-bond acceptors (Lipinski definition) is 1. The largest absolute Gasteiger partial charge is 0.369 e. The Morgan fingerprint density at radius 1 is 1.33 bits per heavy atom. The van der Waals surface area contributed by atoms with Crippen molar-refractivity contribution in [3.63, 3.8) is 0 Å². The molecule has 1 aliphatic rings. The average molecular weight is 167 g/mol. The van der Waals surface area contributed by atoms with Crippen LogP contribution >= 0.6 is 0 Å². The van der Waals surface area contributed by atoms with Crippen LogP contribution in [-0.4, -0.2) is 5.91 Å². The summed E-state index contributed by atoms with van der Waals surface area (Å²) in [6.45, 7) is 5.78. The van der Waals surface area contributed by atoms with Crippen molar-refractivity contribution in [3.8, 4) is 0 Å². The molecule has 1 aliphatic carbocycles. The highest BCUT2D eigenvalue weighted by atomic mass is 16.1. The number of amides is 1. The fraction of sp³-hybridized carbons (Fsp3) is 0.700. The third-order valence-corrected chi connectivity index (χ3v) is 3.00. The topological polar surface area (TPSA) is 43.1 Å². The Bertz CT molecular complexity index is 186. The second-order valence-electron chi connectivity index (χ2n) is 3.79. The van der Waals surface area contributed by atoms with Crippen LogP contribution in [0, 0.1) is 5.41 Å². The molecular formula is C10H17NO. The molecular weight excluding hydrogens is 150 g/mol. The van der Waals surface area contributed by atoms with Gasteiger partial charge in [0.1, 0.15) is 0 Å². The molecule has 0 atom stereocenters. The van der Waals surface area contributed by atoms with E-state index in [4.69, 9.17) is 5.73 Å². The highest BCUT2D eigenvalue weighted by Crippen LogP contribution is 2.41. The Labute approximate surface area is 73.8 Å². The number of nitrogens with two attached hydrogens (primary N) is 1. The molecule has 1 fully saturated rings. The van der Waals surface area contributed by atoms with Gasteiger partial charge >= 0.3 is 0 Å². The second-order valence-corrected chi connectivity index (χ2v) is 3.79. The van der Waals surface area contributed by atoms with Gasteiger partial charge in [-0.2, -0.15) is 0 Å². The number of carbonyl (C=O) groups is 1. The van der Waals surface area contributed by atoms with Crippen molar-refractivity contribution in [2.75, 3.05) is 0 Å². The molecule has 0 radical (unpaired) electrons.